The molecular weight excluding hydrogens is 500 g/mol. The normalized spacial score (nSPS) is 14.8. The second-order valence-corrected chi connectivity index (χ2v) is 9.84. The lowest BCUT2D eigenvalue weighted by Gasteiger charge is -2.25. The quantitative estimate of drug-likeness (QED) is 0.315. The van der Waals surface area contributed by atoms with E-state index in [0.717, 1.165) is 35.3 Å². The smallest absolute Gasteiger partial charge is 0.254 e. The molecule has 38 heavy (non-hydrogen) atoms. The fraction of sp³-hybridized carbons (Fsp3) is 0.233. The summed E-state index contributed by atoms with van der Waals surface area (Å²) < 4.78 is 7.63. The summed E-state index contributed by atoms with van der Waals surface area (Å²) in [6.45, 7) is 2.87. The van der Waals surface area contributed by atoms with Crippen LogP contribution in [0.25, 0.3) is 16.9 Å². The van der Waals surface area contributed by atoms with E-state index in [1.54, 1.807) is 24.3 Å². The number of amides is 2. The Balaban J connectivity index is 1.41. The number of nitrogens with zero attached hydrogens (tertiary/aromatic N) is 3. The molecule has 2 amide bonds. The average molecular weight is 529 g/mol. The zero-order chi connectivity index (χ0) is 26.5. The third-order valence-corrected chi connectivity index (χ3v) is 6.72. The number of halogens is 1. The molecule has 1 fully saturated rings. The summed E-state index contributed by atoms with van der Waals surface area (Å²) in [4.78, 5) is 33.0. The van der Waals surface area contributed by atoms with E-state index in [1.807, 2.05) is 72.3 Å². The molecule has 194 valence electrons. The lowest BCUT2D eigenvalue weighted by atomic mass is 10.1. The Hall–Kier alpha value is -3.94. The number of carbonyl (C=O) groups excluding carboxylic acids is 2. The Labute approximate surface area is 227 Å². The third kappa shape index (κ3) is 6.13. The van der Waals surface area contributed by atoms with Crippen molar-refractivity contribution in [3.8, 4) is 16.9 Å². The number of carbonyl (C=O) groups is 2. The van der Waals surface area contributed by atoms with Gasteiger partial charge in [0.1, 0.15) is 6.54 Å². The number of rotatable bonds is 8. The van der Waals surface area contributed by atoms with Gasteiger partial charge in [-0.3, -0.25) is 19.5 Å². The first-order valence-electron chi connectivity index (χ1n) is 12.6. The molecule has 1 atom stereocenters. The van der Waals surface area contributed by atoms with Crippen molar-refractivity contribution < 1.29 is 14.3 Å². The predicted octanol–water partition coefficient (Wildman–Crippen LogP) is 5.76. The number of hydrogen-bond acceptors (Lipinski definition) is 4. The highest BCUT2D eigenvalue weighted by Gasteiger charge is 2.26. The Morgan fingerprint density at radius 2 is 1.87 bits per heavy atom. The van der Waals surface area contributed by atoms with E-state index in [1.165, 1.54) is 4.90 Å². The van der Waals surface area contributed by atoms with E-state index in [0.29, 0.717) is 29.7 Å². The van der Waals surface area contributed by atoms with E-state index >= 15 is 0 Å². The number of aryl methyl sites for hydroxylation is 1. The van der Waals surface area contributed by atoms with Crippen molar-refractivity contribution >= 4 is 29.4 Å². The van der Waals surface area contributed by atoms with Gasteiger partial charge >= 0.3 is 0 Å². The molecule has 1 aliphatic heterocycles. The van der Waals surface area contributed by atoms with E-state index in [-0.39, 0.29) is 24.5 Å². The van der Waals surface area contributed by atoms with Gasteiger partial charge < -0.3 is 9.64 Å². The minimum Gasteiger partial charge on any atom is -0.376 e. The predicted molar refractivity (Wildman–Crippen MR) is 149 cm³/mol. The molecule has 1 aliphatic rings. The number of nitrogens with one attached hydrogen (secondary N) is 1. The molecule has 4 aromatic rings. The Morgan fingerprint density at radius 3 is 2.58 bits per heavy atom. The summed E-state index contributed by atoms with van der Waals surface area (Å²) in [6.07, 6.45) is 3.60. The third-order valence-electron chi connectivity index (χ3n) is 6.47. The van der Waals surface area contributed by atoms with Crippen LogP contribution in [0, 0.1) is 6.92 Å². The van der Waals surface area contributed by atoms with Gasteiger partial charge in [0.15, 0.2) is 0 Å². The molecule has 0 saturated carbocycles. The second kappa shape index (κ2) is 11.6. The monoisotopic (exact) mass is 528 g/mol. The maximum absolute atomic E-state index is 13.4. The summed E-state index contributed by atoms with van der Waals surface area (Å²) in [6, 6.07) is 24.4. The summed E-state index contributed by atoms with van der Waals surface area (Å²) >= 11 is 6.01. The molecule has 1 saturated heterocycles. The van der Waals surface area contributed by atoms with Crippen molar-refractivity contribution in [3.05, 3.63) is 101 Å². The van der Waals surface area contributed by atoms with Crippen LogP contribution in [-0.4, -0.2) is 52.1 Å². The van der Waals surface area contributed by atoms with Gasteiger partial charge in [-0.2, -0.15) is 0 Å². The van der Waals surface area contributed by atoms with Gasteiger partial charge in [0, 0.05) is 41.2 Å². The topological polar surface area (TPSA) is 76.5 Å². The highest BCUT2D eigenvalue weighted by atomic mass is 35.5. The van der Waals surface area contributed by atoms with Crippen LogP contribution in [0.5, 0.6) is 0 Å². The zero-order valence-electron chi connectivity index (χ0n) is 21.1. The SMILES string of the molecule is Cc1cccc(-n2cc(-c3ccccc3)nc2NC(=O)CN(C[C@H]2CCCO2)C(=O)c2ccc(Cl)cc2)c1. The first kappa shape index (κ1) is 25.7. The van der Waals surface area contributed by atoms with Crippen LogP contribution in [0.3, 0.4) is 0 Å². The maximum Gasteiger partial charge on any atom is 0.254 e. The van der Waals surface area contributed by atoms with Gasteiger partial charge in [0.2, 0.25) is 11.9 Å². The summed E-state index contributed by atoms with van der Waals surface area (Å²) in [7, 11) is 0. The molecule has 5 rings (SSSR count). The Morgan fingerprint density at radius 1 is 1.08 bits per heavy atom. The van der Waals surface area contributed by atoms with Crippen LogP contribution < -0.4 is 5.32 Å². The van der Waals surface area contributed by atoms with Crippen LogP contribution in [-0.2, 0) is 9.53 Å². The van der Waals surface area contributed by atoms with Gasteiger partial charge in [0.25, 0.3) is 5.91 Å². The van der Waals surface area contributed by atoms with Gasteiger partial charge in [-0.05, 0) is 61.7 Å². The molecule has 3 aromatic carbocycles. The number of ether oxygens (including phenoxy) is 1. The van der Waals surface area contributed by atoms with E-state index in [9.17, 15) is 9.59 Å². The molecule has 8 heteroatoms. The molecule has 1 aromatic heterocycles. The molecule has 0 unspecified atom stereocenters. The van der Waals surface area contributed by atoms with Crippen molar-refractivity contribution in [1.82, 2.24) is 14.5 Å². The molecule has 0 bridgehead atoms. The highest BCUT2D eigenvalue weighted by Crippen LogP contribution is 2.25. The number of benzene rings is 3. The van der Waals surface area contributed by atoms with Gasteiger partial charge in [-0.25, -0.2) is 4.98 Å². The number of aromatic nitrogens is 2. The van der Waals surface area contributed by atoms with Crippen LogP contribution >= 0.6 is 11.6 Å². The Kier molecular flexibility index (Phi) is 7.86. The molecule has 1 N–H and O–H groups in total. The molecule has 7 nitrogen and oxygen atoms in total. The van der Waals surface area contributed by atoms with Crippen molar-refractivity contribution in [2.75, 3.05) is 25.0 Å². The number of hydrogen-bond donors (Lipinski definition) is 1. The lowest BCUT2D eigenvalue weighted by Crippen LogP contribution is -2.42. The summed E-state index contributed by atoms with van der Waals surface area (Å²) in [5, 5.41) is 3.49. The van der Waals surface area contributed by atoms with Crippen molar-refractivity contribution in [2.24, 2.45) is 0 Å². The molecular formula is C30H29ClN4O3. The van der Waals surface area contributed by atoms with E-state index < -0.39 is 0 Å². The van der Waals surface area contributed by atoms with Crippen molar-refractivity contribution in [1.29, 1.82) is 0 Å². The molecule has 2 heterocycles. The van der Waals surface area contributed by atoms with Gasteiger partial charge in [-0.15, -0.1) is 0 Å². The molecule has 0 radical (unpaired) electrons. The van der Waals surface area contributed by atoms with Crippen LogP contribution in [0.2, 0.25) is 5.02 Å². The summed E-state index contributed by atoms with van der Waals surface area (Å²) in [5.41, 5.74) is 4.10. The fourth-order valence-corrected chi connectivity index (χ4v) is 4.68. The van der Waals surface area contributed by atoms with Gasteiger partial charge in [0.05, 0.1) is 11.8 Å². The maximum atomic E-state index is 13.4. The first-order valence-corrected chi connectivity index (χ1v) is 13.0. The Bertz CT molecular complexity index is 1410. The van der Waals surface area contributed by atoms with Crippen molar-refractivity contribution in [3.63, 3.8) is 0 Å². The fourth-order valence-electron chi connectivity index (χ4n) is 4.56. The largest absolute Gasteiger partial charge is 0.376 e. The van der Waals surface area contributed by atoms with Crippen LogP contribution in [0.15, 0.2) is 85.1 Å². The van der Waals surface area contributed by atoms with Crippen LogP contribution in [0.1, 0.15) is 28.8 Å². The minimum atomic E-state index is -0.343. The minimum absolute atomic E-state index is 0.0991. The zero-order valence-corrected chi connectivity index (χ0v) is 21.9. The van der Waals surface area contributed by atoms with Crippen LogP contribution in [0.4, 0.5) is 5.95 Å². The first-order chi connectivity index (χ1) is 18.5. The number of anilines is 1. The summed E-state index contributed by atoms with van der Waals surface area (Å²) in [5.74, 6) is -0.209. The van der Waals surface area contributed by atoms with Crippen molar-refractivity contribution in [2.45, 2.75) is 25.9 Å². The number of imidazole rings is 1. The lowest BCUT2D eigenvalue weighted by molar-refractivity contribution is -0.117. The molecule has 0 aliphatic carbocycles. The van der Waals surface area contributed by atoms with Gasteiger partial charge in [-0.1, -0.05) is 54.1 Å². The standard InChI is InChI=1S/C30H29ClN4O3/c1-21-7-5-10-25(17-21)35-19-27(22-8-3-2-4-9-22)32-30(35)33-28(36)20-34(18-26-11-6-16-38-26)29(37)23-12-14-24(31)15-13-23/h2-5,7-10,12-15,17,19,26H,6,11,16,18,20H2,1H3,(H,32,33,36)/t26-/m1/s1. The molecule has 0 spiro atoms. The highest BCUT2D eigenvalue weighted by molar-refractivity contribution is 6.30. The van der Waals surface area contributed by atoms with E-state index in [2.05, 4.69) is 5.32 Å². The van der Waals surface area contributed by atoms with E-state index in [4.69, 9.17) is 21.3 Å². The second-order valence-electron chi connectivity index (χ2n) is 9.40. The average Bonchev–Trinajstić information content (AvgIpc) is 3.59.